The van der Waals surface area contributed by atoms with E-state index in [-0.39, 0.29) is 26.8 Å². The van der Waals surface area contributed by atoms with Gasteiger partial charge in [-0.05, 0) is 29.8 Å². The van der Waals surface area contributed by atoms with Gasteiger partial charge in [0, 0.05) is 11.8 Å². The molecule has 1 amide bonds. The van der Waals surface area contributed by atoms with Crippen LogP contribution in [0.4, 0.5) is 11.5 Å². The van der Waals surface area contributed by atoms with Crippen LogP contribution in [0.5, 0.6) is 0 Å². The number of nitrogens with zero attached hydrogens (tertiary/aromatic N) is 2. The molecule has 0 saturated carbocycles. The smallest absolute Gasteiger partial charge is 0.258 e. The lowest BCUT2D eigenvalue weighted by molar-refractivity contribution is 0.102. The lowest BCUT2D eigenvalue weighted by Crippen LogP contribution is -2.14. The highest BCUT2D eigenvalue weighted by Crippen LogP contribution is 2.21. The number of benzene rings is 1. The highest BCUT2D eigenvalue weighted by molar-refractivity contribution is 6.34. The number of nitrogen functional groups attached to an aromatic ring is 1. The van der Waals surface area contributed by atoms with Crippen LogP contribution in [0.2, 0.25) is 15.5 Å². The molecule has 2 rings (SSSR count). The Morgan fingerprint density at radius 2 is 1.89 bits per heavy atom. The molecule has 0 fully saturated rings. The monoisotopic (exact) mass is 316 g/mol. The maximum atomic E-state index is 12.0. The van der Waals surface area contributed by atoms with Crippen LogP contribution in [-0.4, -0.2) is 15.9 Å². The number of carbonyl (C=O) groups is 1. The molecular formula is C11H7Cl3N4O. The fourth-order valence-corrected chi connectivity index (χ4v) is 1.97. The minimum atomic E-state index is -0.469. The first-order valence-corrected chi connectivity index (χ1v) is 6.15. The highest BCUT2D eigenvalue weighted by atomic mass is 35.5. The first kappa shape index (κ1) is 13.9. The van der Waals surface area contributed by atoms with E-state index in [1.54, 1.807) is 6.07 Å². The van der Waals surface area contributed by atoms with E-state index in [9.17, 15) is 4.79 Å². The molecule has 3 N–H and O–H groups in total. The Balaban J connectivity index is 2.28. The average molecular weight is 318 g/mol. The van der Waals surface area contributed by atoms with E-state index < -0.39 is 5.91 Å². The Labute approximate surface area is 123 Å². The molecule has 8 heteroatoms. The van der Waals surface area contributed by atoms with Gasteiger partial charge < -0.3 is 11.1 Å². The first-order chi connectivity index (χ1) is 8.95. The van der Waals surface area contributed by atoms with Gasteiger partial charge >= 0.3 is 0 Å². The molecule has 19 heavy (non-hydrogen) atoms. The van der Waals surface area contributed by atoms with Gasteiger partial charge in [0.2, 0.25) is 5.28 Å². The number of anilines is 2. The summed E-state index contributed by atoms with van der Waals surface area (Å²) >= 11 is 17.3. The maximum absolute atomic E-state index is 12.0. The first-order valence-electron chi connectivity index (χ1n) is 5.02. The Kier molecular flexibility index (Phi) is 4.09. The van der Waals surface area contributed by atoms with E-state index in [0.717, 1.165) is 0 Å². The van der Waals surface area contributed by atoms with Crippen LogP contribution in [0.1, 0.15) is 10.4 Å². The number of nitrogens with two attached hydrogens (primary N) is 1. The number of halogens is 3. The largest absolute Gasteiger partial charge is 0.399 e. The van der Waals surface area contributed by atoms with Gasteiger partial charge in [0.25, 0.3) is 5.91 Å². The molecule has 5 nitrogen and oxygen atoms in total. The Hall–Kier alpha value is -1.56. The van der Waals surface area contributed by atoms with Gasteiger partial charge in [-0.1, -0.05) is 23.2 Å². The molecule has 0 aliphatic rings. The van der Waals surface area contributed by atoms with Crippen LogP contribution < -0.4 is 11.1 Å². The van der Waals surface area contributed by atoms with Gasteiger partial charge in [-0.25, -0.2) is 9.97 Å². The third-order valence-electron chi connectivity index (χ3n) is 2.14. The van der Waals surface area contributed by atoms with Gasteiger partial charge in [-0.15, -0.1) is 0 Å². The summed E-state index contributed by atoms with van der Waals surface area (Å²) in [6, 6.07) is 5.96. The summed E-state index contributed by atoms with van der Waals surface area (Å²) < 4.78 is 0. The van der Waals surface area contributed by atoms with Crippen molar-refractivity contribution < 1.29 is 4.79 Å². The molecule has 1 aromatic carbocycles. The molecule has 1 aromatic heterocycles. The average Bonchev–Trinajstić information content (AvgIpc) is 2.30. The minimum Gasteiger partial charge on any atom is -0.399 e. The zero-order valence-corrected chi connectivity index (χ0v) is 11.6. The van der Waals surface area contributed by atoms with Crippen LogP contribution in [0.15, 0.2) is 24.3 Å². The number of rotatable bonds is 2. The SMILES string of the molecule is Nc1ccc(Cl)c(C(=O)Nc2cc(Cl)nc(Cl)n2)c1. The summed E-state index contributed by atoms with van der Waals surface area (Å²) in [5, 5.41) is 2.84. The molecule has 0 saturated heterocycles. The van der Waals surface area contributed by atoms with Crippen molar-refractivity contribution in [1.29, 1.82) is 0 Å². The topological polar surface area (TPSA) is 80.9 Å². The normalized spacial score (nSPS) is 10.3. The zero-order valence-electron chi connectivity index (χ0n) is 9.32. The molecule has 1 heterocycles. The number of aromatic nitrogens is 2. The molecule has 0 unspecified atom stereocenters. The van der Waals surface area contributed by atoms with E-state index in [2.05, 4.69) is 15.3 Å². The molecule has 98 valence electrons. The number of carbonyl (C=O) groups excluding carboxylic acids is 1. The van der Waals surface area contributed by atoms with Gasteiger partial charge in [0.05, 0.1) is 10.6 Å². The summed E-state index contributed by atoms with van der Waals surface area (Å²) in [6.07, 6.45) is 0. The Morgan fingerprint density at radius 1 is 1.16 bits per heavy atom. The third-order valence-corrected chi connectivity index (χ3v) is 2.84. The van der Waals surface area contributed by atoms with Crippen molar-refractivity contribution in [2.24, 2.45) is 0 Å². The second-order valence-corrected chi connectivity index (χ2v) is 4.67. The molecular weight excluding hydrogens is 311 g/mol. The highest BCUT2D eigenvalue weighted by Gasteiger charge is 2.12. The summed E-state index contributed by atoms with van der Waals surface area (Å²) in [5.41, 5.74) is 6.25. The van der Waals surface area contributed by atoms with Crippen molar-refractivity contribution in [1.82, 2.24) is 9.97 Å². The molecule has 0 radical (unpaired) electrons. The van der Waals surface area contributed by atoms with Crippen molar-refractivity contribution in [3.63, 3.8) is 0 Å². The third kappa shape index (κ3) is 3.47. The van der Waals surface area contributed by atoms with Gasteiger partial charge in [0.1, 0.15) is 11.0 Å². The van der Waals surface area contributed by atoms with E-state index >= 15 is 0 Å². The number of nitrogens with one attached hydrogen (secondary N) is 1. The zero-order chi connectivity index (χ0) is 14.0. The maximum Gasteiger partial charge on any atom is 0.258 e. The lowest BCUT2D eigenvalue weighted by atomic mass is 10.2. The van der Waals surface area contributed by atoms with Crippen molar-refractivity contribution in [3.05, 3.63) is 45.3 Å². The lowest BCUT2D eigenvalue weighted by Gasteiger charge is -2.07. The summed E-state index contributed by atoms with van der Waals surface area (Å²) in [7, 11) is 0. The van der Waals surface area contributed by atoms with Crippen molar-refractivity contribution in [2.45, 2.75) is 0 Å². The minimum absolute atomic E-state index is 0.0681. The molecule has 0 spiro atoms. The number of amides is 1. The molecule has 0 aliphatic carbocycles. The predicted molar refractivity (Wildman–Crippen MR) is 75.9 cm³/mol. The van der Waals surface area contributed by atoms with E-state index in [4.69, 9.17) is 40.5 Å². The molecule has 0 bridgehead atoms. The van der Waals surface area contributed by atoms with E-state index in [0.29, 0.717) is 5.69 Å². The fourth-order valence-electron chi connectivity index (χ4n) is 1.35. The van der Waals surface area contributed by atoms with Crippen LogP contribution >= 0.6 is 34.8 Å². The van der Waals surface area contributed by atoms with Crippen molar-refractivity contribution >= 4 is 52.2 Å². The van der Waals surface area contributed by atoms with Crippen LogP contribution in [0, 0.1) is 0 Å². The quantitative estimate of drug-likeness (QED) is 0.506. The fraction of sp³-hybridized carbons (Fsp3) is 0. The Morgan fingerprint density at radius 3 is 2.58 bits per heavy atom. The van der Waals surface area contributed by atoms with Gasteiger partial charge in [0.15, 0.2) is 0 Å². The molecule has 2 aromatic rings. The molecule has 0 atom stereocenters. The second-order valence-electron chi connectivity index (χ2n) is 3.54. The van der Waals surface area contributed by atoms with Crippen LogP contribution in [0.25, 0.3) is 0 Å². The van der Waals surface area contributed by atoms with Crippen LogP contribution in [-0.2, 0) is 0 Å². The van der Waals surface area contributed by atoms with Crippen molar-refractivity contribution in [3.8, 4) is 0 Å². The standard InChI is InChI=1S/C11H7Cl3N4O/c12-7-2-1-5(15)3-6(7)10(19)17-9-4-8(13)16-11(14)18-9/h1-4H,15H2,(H,16,17,18,19). The Bertz CT molecular complexity index is 628. The summed E-state index contributed by atoms with van der Waals surface area (Å²) in [6.45, 7) is 0. The molecule has 0 aliphatic heterocycles. The van der Waals surface area contributed by atoms with E-state index in [1.165, 1.54) is 18.2 Å². The predicted octanol–water partition coefficient (Wildman–Crippen LogP) is 3.27. The summed E-state index contributed by atoms with van der Waals surface area (Å²) in [4.78, 5) is 19.5. The van der Waals surface area contributed by atoms with Gasteiger partial charge in [-0.3, -0.25) is 4.79 Å². The van der Waals surface area contributed by atoms with E-state index in [1.807, 2.05) is 0 Å². The number of hydrogen-bond acceptors (Lipinski definition) is 4. The summed E-state index contributed by atoms with van der Waals surface area (Å²) in [5.74, 6) is -0.295. The van der Waals surface area contributed by atoms with Gasteiger partial charge in [-0.2, -0.15) is 0 Å². The van der Waals surface area contributed by atoms with Crippen molar-refractivity contribution in [2.75, 3.05) is 11.1 Å². The number of hydrogen-bond donors (Lipinski definition) is 2. The second kappa shape index (κ2) is 5.61. The van der Waals surface area contributed by atoms with Crippen LogP contribution in [0.3, 0.4) is 0 Å².